The summed E-state index contributed by atoms with van der Waals surface area (Å²) in [5.74, 6) is 0.957. The summed E-state index contributed by atoms with van der Waals surface area (Å²) >= 11 is 6.22. The monoisotopic (exact) mass is 340 g/mol. The first-order chi connectivity index (χ1) is 10.9. The normalized spacial score (nSPS) is 19.7. The third-order valence-corrected chi connectivity index (χ3v) is 4.57. The minimum atomic E-state index is 0.118. The second-order valence-electron chi connectivity index (χ2n) is 7.00. The van der Waals surface area contributed by atoms with E-state index in [9.17, 15) is 5.21 Å². The van der Waals surface area contributed by atoms with E-state index in [4.69, 9.17) is 21.1 Å². The molecule has 0 amide bonds. The molecule has 2 rings (SSSR count). The van der Waals surface area contributed by atoms with Crippen LogP contribution in [0, 0.1) is 11.3 Å². The highest BCUT2D eigenvalue weighted by Crippen LogP contribution is 2.39. The van der Waals surface area contributed by atoms with Gasteiger partial charge in [0.15, 0.2) is 10.9 Å². The van der Waals surface area contributed by atoms with Gasteiger partial charge < -0.3 is 14.7 Å². The number of fused-ring (bicyclic) bond motifs is 1. The predicted octanol–water partition coefficient (Wildman–Crippen LogP) is 3.94. The molecular formula is C17H25ClN2O3. The number of hydrogen-bond acceptors (Lipinski definition) is 5. The number of ether oxygens (including phenoxy) is 2. The van der Waals surface area contributed by atoms with Gasteiger partial charge in [0.25, 0.3) is 0 Å². The predicted molar refractivity (Wildman–Crippen MR) is 90.8 cm³/mol. The number of nitrogens with zero attached hydrogens (tertiary/aromatic N) is 2. The first kappa shape index (κ1) is 18.0. The van der Waals surface area contributed by atoms with Crippen LogP contribution in [0.1, 0.15) is 44.9 Å². The maximum atomic E-state index is 9.34. The van der Waals surface area contributed by atoms with Crippen LogP contribution >= 0.6 is 11.6 Å². The average molecular weight is 341 g/mol. The van der Waals surface area contributed by atoms with Crippen LogP contribution < -0.4 is 4.74 Å². The number of aromatic nitrogens is 1. The van der Waals surface area contributed by atoms with Crippen molar-refractivity contribution in [2.24, 2.45) is 16.5 Å². The molecule has 1 heterocycles. The van der Waals surface area contributed by atoms with E-state index in [1.54, 1.807) is 7.11 Å². The van der Waals surface area contributed by atoms with Gasteiger partial charge in [-0.05, 0) is 35.8 Å². The van der Waals surface area contributed by atoms with Crippen LogP contribution in [0.25, 0.3) is 0 Å². The van der Waals surface area contributed by atoms with Gasteiger partial charge in [-0.3, -0.25) is 0 Å². The van der Waals surface area contributed by atoms with Crippen LogP contribution in [-0.2, 0) is 11.2 Å². The quantitative estimate of drug-likeness (QED) is 0.381. The molecule has 0 aromatic carbocycles. The summed E-state index contributed by atoms with van der Waals surface area (Å²) in [5, 5.41) is 13.1. The van der Waals surface area contributed by atoms with E-state index < -0.39 is 0 Å². The van der Waals surface area contributed by atoms with E-state index in [-0.39, 0.29) is 5.41 Å². The summed E-state index contributed by atoms with van der Waals surface area (Å²) in [5.41, 5.74) is 2.42. The Morgan fingerprint density at radius 2 is 2.09 bits per heavy atom. The first-order valence-electron chi connectivity index (χ1n) is 7.89. The molecule has 1 atom stereocenters. The maximum Gasteiger partial charge on any atom is 0.171 e. The molecule has 0 radical (unpaired) electrons. The summed E-state index contributed by atoms with van der Waals surface area (Å²) in [4.78, 5) is 4.40. The molecule has 0 saturated heterocycles. The van der Waals surface area contributed by atoms with E-state index in [0.29, 0.717) is 47.9 Å². The zero-order chi connectivity index (χ0) is 17.0. The highest BCUT2D eigenvalue weighted by atomic mass is 35.5. The van der Waals surface area contributed by atoms with Gasteiger partial charge in [-0.15, -0.1) is 0 Å². The van der Waals surface area contributed by atoms with Crippen molar-refractivity contribution >= 4 is 17.3 Å². The molecule has 1 N–H and O–H groups in total. The fourth-order valence-corrected chi connectivity index (χ4v) is 2.97. The number of halogens is 1. The lowest BCUT2D eigenvalue weighted by Crippen LogP contribution is -2.31. The van der Waals surface area contributed by atoms with E-state index in [1.807, 2.05) is 6.07 Å². The number of methoxy groups -OCH3 is 1. The molecule has 1 aromatic rings. The van der Waals surface area contributed by atoms with E-state index >= 15 is 0 Å². The van der Waals surface area contributed by atoms with Gasteiger partial charge in [-0.2, -0.15) is 0 Å². The highest BCUT2D eigenvalue weighted by molar-refractivity contribution is 6.31. The van der Waals surface area contributed by atoms with Crippen molar-refractivity contribution in [3.05, 3.63) is 22.5 Å². The standard InChI is InChI=1S/C17H25ClN2O3/c1-17(2,3)12-8-11-9-14(23-7-5-6-22-4)16(18)19-15(11)13(10-12)20-21/h9,12,21H,5-8,10H2,1-4H3/t12-/m1/s1. The SMILES string of the molecule is COCCCOc1cc2c(nc1Cl)C(=NO)C[C@H](C(C)(C)C)C2. The fraction of sp³-hybridized carbons (Fsp3) is 0.647. The highest BCUT2D eigenvalue weighted by Gasteiger charge is 2.33. The van der Waals surface area contributed by atoms with Crippen LogP contribution in [0.15, 0.2) is 11.2 Å². The first-order valence-corrected chi connectivity index (χ1v) is 8.27. The van der Waals surface area contributed by atoms with E-state index in [2.05, 4.69) is 30.9 Å². The van der Waals surface area contributed by atoms with E-state index in [1.165, 1.54) is 0 Å². The minimum absolute atomic E-state index is 0.118. The van der Waals surface area contributed by atoms with Crippen molar-refractivity contribution in [3.63, 3.8) is 0 Å². The number of hydrogen-bond donors (Lipinski definition) is 1. The van der Waals surface area contributed by atoms with Crippen molar-refractivity contribution in [1.82, 2.24) is 4.98 Å². The Morgan fingerprint density at radius 1 is 1.35 bits per heavy atom. The lowest BCUT2D eigenvalue weighted by atomic mass is 9.71. The van der Waals surface area contributed by atoms with Crippen molar-refractivity contribution < 1.29 is 14.7 Å². The average Bonchev–Trinajstić information content (AvgIpc) is 2.50. The summed E-state index contributed by atoms with van der Waals surface area (Å²) in [6.45, 7) is 7.76. The second kappa shape index (κ2) is 7.49. The maximum absolute atomic E-state index is 9.34. The second-order valence-corrected chi connectivity index (χ2v) is 7.36. The Kier molecular flexibility index (Phi) is 5.87. The van der Waals surface area contributed by atoms with Crippen molar-refractivity contribution in [2.75, 3.05) is 20.3 Å². The number of pyridine rings is 1. The molecule has 23 heavy (non-hydrogen) atoms. The van der Waals surface area contributed by atoms with Gasteiger partial charge in [0.1, 0.15) is 5.71 Å². The lowest BCUT2D eigenvalue weighted by molar-refractivity contribution is 0.172. The third kappa shape index (κ3) is 4.36. The molecule has 1 aliphatic rings. The van der Waals surface area contributed by atoms with Crippen LogP contribution in [0.5, 0.6) is 5.75 Å². The summed E-state index contributed by atoms with van der Waals surface area (Å²) in [7, 11) is 1.66. The molecule has 0 unspecified atom stereocenters. The van der Waals surface area contributed by atoms with Crippen LogP contribution in [-0.4, -0.2) is 36.2 Å². The Hall–Kier alpha value is -1.33. The fourth-order valence-electron chi connectivity index (χ4n) is 2.77. The van der Waals surface area contributed by atoms with Crippen molar-refractivity contribution in [1.29, 1.82) is 0 Å². The molecule has 6 heteroatoms. The van der Waals surface area contributed by atoms with Crippen molar-refractivity contribution in [2.45, 2.75) is 40.0 Å². The Balaban J connectivity index is 2.26. The summed E-state index contributed by atoms with van der Waals surface area (Å²) in [6.07, 6.45) is 2.36. The zero-order valence-electron chi connectivity index (χ0n) is 14.2. The van der Waals surface area contributed by atoms with Gasteiger partial charge in [0.2, 0.25) is 0 Å². The molecule has 0 saturated carbocycles. The Morgan fingerprint density at radius 3 is 2.70 bits per heavy atom. The van der Waals surface area contributed by atoms with Crippen LogP contribution in [0.4, 0.5) is 0 Å². The zero-order valence-corrected chi connectivity index (χ0v) is 15.0. The molecular weight excluding hydrogens is 316 g/mol. The molecule has 1 aliphatic carbocycles. The van der Waals surface area contributed by atoms with Crippen LogP contribution in [0.2, 0.25) is 5.15 Å². The van der Waals surface area contributed by atoms with Gasteiger partial charge in [-0.1, -0.05) is 37.5 Å². The number of oxime groups is 1. The van der Waals surface area contributed by atoms with Crippen molar-refractivity contribution in [3.8, 4) is 5.75 Å². The summed E-state index contributed by atoms with van der Waals surface area (Å²) < 4.78 is 10.7. The Labute approximate surface area is 142 Å². The molecule has 0 aliphatic heterocycles. The van der Waals surface area contributed by atoms with Crippen LogP contribution in [0.3, 0.4) is 0 Å². The molecule has 5 nitrogen and oxygen atoms in total. The van der Waals surface area contributed by atoms with E-state index in [0.717, 1.165) is 18.4 Å². The van der Waals surface area contributed by atoms with Gasteiger partial charge in [-0.25, -0.2) is 4.98 Å². The largest absolute Gasteiger partial charge is 0.490 e. The smallest absolute Gasteiger partial charge is 0.171 e. The molecule has 128 valence electrons. The minimum Gasteiger partial charge on any atom is -0.490 e. The number of rotatable bonds is 5. The third-order valence-electron chi connectivity index (χ3n) is 4.30. The summed E-state index contributed by atoms with van der Waals surface area (Å²) in [6, 6.07) is 1.93. The molecule has 0 bridgehead atoms. The van der Waals surface area contributed by atoms with Gasteiger partial charge >= 0.3 is 0 Å². The van der Waals surface area contributed by atoms with Gasteiger partial charge in [0.05, 0.1) is 12.3 Å². The Bertz CT molecular complexity index is 582. The molecule has 0 spiro atoms. The molecule has 1 aromatic heterocycles. The molecule has 0 fully saturated rings. The topological polar surface area (TPSA) is 63.9 Å². The van der Waals surface area contributed by atoms with Gasteiger partial charge in [0, 0.05) is 20.1 Å². The lowest BCUT2D eigenvalue weighted by Gasteiger charge is -2.34.